The first-order valence-corrected chi connectivity index (χ1v) is 17.5. The van der Waals surface area contributed by atoms with Gasteiger partial charge in [0.15, 0.2) is 5.78 Å². The summed E-state index contributed by atoms with van der Waals surface area (Å²) < 4.78 is 0. The molecule has 0 saturated carbocycles. The van der Waals surface area contributed by atoms with Gasteiger partial charge < -0.3 is 0 Å². The van der Waals surface area contributed by atoms with Gasteiger partial charge in [0.2, 0.25) is 0 Å². The fourth-order valence-electron chi connectivity index (χ4n) is 10.7. The van der Waals surface area contributed by atoms with Gasteiger partial charge in [0.25, 0.3) is 0 Å². The summed E-state index contributed by atoms with van der Waals surface area (Å²) in [4.78, 5) is 15.9. The molecule has 0 heterocycles. The maximum absolute atomic E-state index is 15.9. The van der Waals surface area contributed by atoms with Crippen molar-refractivity contribution in [2.24, 2.45) is 0 Å². The zero-order valence-electron chi connectivity index (χ0n) is 27.2. The summed E-state index contributed by atoms with van der Waals surface area (Å²) in [5.41, 5.74) is 21.2. The van der Waals surface area contributed by atoms with E-state index in [-0.39, 0.29) is 23.7 Å². The Hall–Kier alpha value is -5.27. The molecule has 0 N–H and O–H groups in total. The average Bonchev–Trinajstić information content (AvgIpc) is 3.69. The van der Waals surface area contributed by atoms with Crippen LogP contribution >= 0.6 is 0 Å². The van der Waals surface area contributed by atoms with E-state index in [0.29, 0.717) is 5.78 Å². The van der Waals surface area contributed by atoms with Crippen molar-refractivity contribution in [2.75, 3.05) is 0 Å². The Balaban J connectivity index is 1.32. The van der Waals surface area contributed by atoms with E-state index in [0.717, 1.165) is 12.8 Å². The molecule has 0 bridgehead atoms. The van der Waals surface area contributed by atoms with E-state index in [9.17, 15) is 0 Å². The molecule has 0 fully saturated rings. The van der Waals surface area contributed by atoms with Crippen LogP contribution in [0.1, 0.15) is 90.4 Å². The first-order chi connectivity index (χ1) is 23.6. The molecule has 4 unspecified atom stereocenters. The van der Waals surface area contributed by atoms with Crippen LogP contribution in [0.4, 0.5) is 0 Å². The third-order valence-electron chi connectivity index (χ3n) is 12.3. The number of carbonyl (C=O) groups is 1. The van der Waals surface area contributed by atoms with Crippen LogP contribution in [0.2, 0.25) is 0 Å². The molecule has 6 aromatic rings. The molecule has 0 aliphatic heterocycles. The largest absolute Gasteiger partial charge is 0.298 e. The Morgan fingerprint density at radius 3 is 1.35 bits per heavy atom. The van der Waals surface area contributed by atoms with E-state index in [1.165, 1.54) is 99.8 Å². The molecule has 1 nitrogen and oxygen atoms in total. The summed E-state index contributed by atoms with van der Waals surface area (Å²) in [6.45, 7) is 4.61. The molecule has 0 aromatic heterocycles. The van der Waals surface area contributed by atoms with E-state index >= 15 is 4.79 Å². The lowest BCUT2D eigenvalue weighted by Gasteiger charge is -2.44. The highest BCUT2D eigenvalue weighted by Gasteiger charge is 2.53. The Morgan fingerprint density at radius 1 is 0.479 bits per heavy atom. The van der Waals surface area contributed by atoms with Crippen molar-refractivity contribution >= 4 is 27.7 Å². The highest BCUT2D eigenvalue weighted by atomic mass is 16.1. The van der Waals surface area contributed by atoms with Crippen LogP contribution in [0.25, 0.3) is 21.9 Å². The molecular weight excluding hydrogens is 581 g/mol. The van der Waals surface area contributed by atoms with Crippen LogP contribution in [0.3, 0.4) is 0 Å². The fourth-order valence-corrected chi connectivity index (χ4v) is 10.7. The molecule has 0 radical (unpaired) electrons. The minimum Gasteiger partial charge on any atom is -0.298 e. The number of Topliss-reactive ketones (excluding diaryl/α,β-unsaturated/α-hetero) is 1. The molecule has 0 spiro atoms. The fraction of sp³-hybridized carbons (Fsp3) is 0.170. The molecule has 1 heteroatoms. The molecule has 228 valence electrons. The zero-order valence-corrected chi connectivity index (χ0v) is 27.2. The Labute approximate surface area is 281 Å². The van der Waals surface area contributed by atoms with Crippen LogP contribution in [0.5, 0.6) is 0 Å². The minimum absolute atomic E-state index is 0.124. The number of allylic oxidation sites excluding steroid dienone is 4. The minimum atomic E-state index is -0.274. The van der Waals surface area contributed by atoms with Crippen LogP contribution < -0.4 is 0 Å². The number of hydrogen-bond acceptors (Lipinski definition) is 1. The van der Waals surface area contributed by atoms with Crippen LogP contribution in [-0.4, -0.2) is 5.78 Å². The molecule has 5 aliphatic carbocycles. The lowest BCUT2D eigenvalue weighted by atomic mass is 9.57. The normalized spacial score (nSPS) is 22.5. The highest BCUT2D eigenvalue weighted by Crippen LogP contribution is 2.65. The summed E-state index contributed by atoms with van der Waals surface area (Å²) >= 11 is 0. The third-order valence-corrected chi connectivity index (χ3v) is 12.3. The molecule has 0 saturated heterocycles. The van der Waals surface area contributed by atoms with Crippen molar-refractivity contribution in [3.05, 3.63) is 199 Å². The first-order valence-electron chi connectivity index (χ1n) is 17.5. The average molecular weight is 615 g/mol. The van der Waals surface area contributed by atoms with Gasteiger partial charge in [0, 0.05) is 11.8 Å². The van der Waals surface area contributed by atoms with Crippen molar-refractivity contribution in [3.63, 3.8) is 0 Å². The first kappa shape index (κ1) is 26.8. The predicted molar refractivity (Wildman–Crippen MR) is 195 cm³/mol. The van der Waals surface area contributed by atoms with Crippen molar-refractivity contribution in [2.45, 2.75) is 50.4 Å². The van der Waals surface area contributed by atoms with Crippen LogP contribution in [0.15, 0.2) is 132 Å². The molecular formula is C47H34O. The summed E-state index contributed by atoms with van der Waals surface area (Å²) in [6, 6.07) is 44.8. The zero-order chi connectivity index (χ0) is 31.8. The topological polar surface area (TPSA) is 17.1 Å². The summed E-state index contributed by atoms with van der Waals surface area (Å²) in [5.74, 6) is 0.0654. The Morgan fingerprint density at radius 2 is 0.896 bits per heavy atom. The second-order valence-electron chi connectivity index (χ2n) is 14.6. The molecule has 0 amide bonds. The van der Waals surface area contributed by atoms with E-state index in [4.69, 9.17) is 0 Å². The van der Waals surface area contributed by atoms with E-state index in [1.54, 1.807) is 0 Å². The van der Waals surface area contributed by atoms with Gasteiger partial charge in [-0.2, -0.15) is 0 Å². The summed E-state index contributed by atoms with van der Waals surface area (Å²) in [6.07, 6.45) is 1.80. The molecule has 5 aliphatic rings. The second-order valence-corrected chi connectivity index (χ2v) is 14.6. The third kappa shape index (κ3) is 3.25. The number of fused-ring (bicyclic) bond motifs is 6. The van der Waals surface area contributed by atoms with Crippen molar-refractivity contribution in [3.8, 4) is 0 Å². The van der Waals surface area contributed by atoms with Gasteiger partial charge in [-0.25, -0.2) is 0 Å². The van der Waals surface area contributed by atoms with E-state index in [1.807, 2.05) is 0 Å². The van der Waals surface area contributed by atoms with Gasteiger partial charge in [-0.3, -0.25) is 4.79 Å². The summed E-state index contributed by atoms with van der Waals surface area (Å²) in [5, 5.41) is 2.71. The van der Waals surface area contributed by atoms with Crippen molar-refractivity contribution in [1.82, 2.24) is 0 Å². The molecule has 4 atom stereocenters. The highest BCUT2D eigenvalue weighted by molar-refractivity contribution is 6.20. The van der Waals surface area contributed by atoms with E-state index < -0.39 is 0 Å². The maximum atomic E-state index is 15.9. The molecule has 6 aromatic carbocycles. The predicted octanol–water partition coefficient (Wildman–Crippen LogP) is 10.5. The Kier molecular flexibility index (Phi) is 5.25. The SMILES string of the molecule is Cc1cc2c3c4c5c(cc(C)c14)C(c1ccccc1)C1=C(c4ccccc4C1)C5C(=O)C3C1=C(Cc3ccccc31)C2c1ccccc1. The Bertz CT molecular complexity index is 2320. The number of carbonyl (C=O) groups excluding carboxylic acids is 1. The lowest BCUT2D eigenvalue weighted by molar-refractivity contribution is -0.119. The van der Waals surface area contributed by atoms with Gasteiger partial charge in [0.05, 0.1) is 11.8 Å². The van der Waals surface area contributed by atoms with Gasteiger partial charge >= 0.3 is 0 Å². The molecule has 11 rings (SSSR count). The van der Waals surface area contributed by atoms with Gasteiger partial charge in [-0.1, -0.05) is 121 Å². The quantitative estimate of drug-likeness (QED) is 0.190. The second kappa shape index (κ2) is 9.42. The number of rotatable bonds is 2. The van der Waals surface area contributed by atoms with E-state index in [2.05, 4.69) is 135 Å². The number of ketones is 1. The van der Waals surface area contributed by atoms with Crippen molar-refractivity contribution in [1.29, 1.82) is 0 Å². The van der Waals surface area contributed by atoms with Gasteiger partial charge in [0.1, 0.15) is 0 Å². The van der Waals surface area contributed by atoms with Crippen LogP contribution in [-0.2, 0) is 17.6 Å². The smallest absolute Gasteiger partial charge is 0.156 e. The van der Waals surface area contributed by atoms with Gasteiger partial charge in [-0.15, -0.1) is 0 Å². The van der Waals surface area contributed by atoms with Crippen LogP contribution in [0, 0.1) is 13.8 Å². The summed E-state index contributed by atoms with van der Waals surface area (Å²) in [7, 11) is 0. The molecule has 48 heavy (non-hydrogen) atoms. The van der Waals surface area contributed by atoms with Gasteiger partial charge in [-0.05, 0) is 127 Å². The number of benzene rings is 6. The number of aryl methyl sites for hydroxylation is 2. The lowest BCUT2D eigenvalue weighted by Crippen LogP contribution is -2.35. The number of hydrogen-bond donors (Lipinski definition) is 0. The maximum Gasteiger partial charge on any atom is 0.156 e. The standard InChI is InChI=1S/C47H34O/c1-25-21-33-38(27-13-5-3-6-14-27)35-23-29-17-9-11-19-31(29)40(35)45-42(33)44-37(25)26(2)22-34-39(28-15-7-4-8-16-28)36-24-30-18-10-12-20-32(30)41(36)46(43(34)44)47(45)48/h3-22,38-39,45-46H,23-24H2,1-2H3. The monoisotopic (exact) mass is 614 g/mol. The van der Waals surface area contributed by atoms with Crippen molar-refractivity contribution < 1.29 is 4.79 Å².